The van der Waals surface area contributed by atoms with Crippen molar-refractivity contribution in [2.45, 2.75) is 15.2 Å². The Hall–Kier alpha value is -6.87. The quantitative estimate of drug-likeness (QED) is 0.165. The molecule has 0 aromatic heterocycles. The Morgan fingerprint density at radius 2 is 0.772 bits per heavy atom. The largest absolute Gasteiger partial charge is 0.308 e. The number of anilines is 3. The maximum absolute atomic E-state index is 2.49. The van der Waals surface area contributed by atoms with Crippen molar-refractivity contribution >= 4 is 61.1 Å². The second kappa shape index (κ2) is 12.6. The molecule has 266 valence electrons. The third-order valence-electron chi connectivity index (χ3n) is 12.3. The second-order valence-electron chi connectivity index (χ2n) is 15.2. The third kappa shape index (κ3) is 4.72. The summed E-state index contributed by atoms with van der Waals surface area (Å²) in [6.07, 6.45) is 0. The lowest BCUT2D eigenvalue weighted by molar-refractivity contribution is 0.768. The summed E-state index contributed by atoms with van der Waals surface area (Å²) in [4.78, 5) is 4.98. The Balaban J connectivity index is 1.12. The van der Waals surface area contributed by atoms with Crippen LogP contribution in [0.3, 0.4) is 0 Å². The SMILES string of the molecule is c1ccc(C2(c3ccccc3)c3cc(-c4ccc5c6ccccc6c6ccccc6c5c4)ccc3-c3ccc(N4c5ccccc5Sc5ccccc54)cc32)cc1. The van der Waals surface area contributed by atoms with Crippen molar-refractivity contribution in [3.8, 4) is 22.3 Å². The molecule has 1 aliphatic heterocycles. The Bertz CT molecular complexity index is 3100. The molecule has 0 radical (unpaired) electrons. The molecule has 0 bridgehead atoms. The lowest BCUT2D eigenvalue weighted by Gasteiger charge is -2.36. The molecule has 0 amide bonds. The molecule has 0 fully saturated rings. The van der Waals surface area contributed by atoms with E-state index in [1.165, 1.54) is 98.0 Å². The fraction of sp³-hybridized carbons (Fsp3) is 0.0182. The van der Waals surface area contributed by atoms with Crippen LogP contribution in [0.25, 0.3) is 54.6 Å². The molecule has 1 aliphatic carbocycles. The summed E-state index contributed by atoms with van der Waals surface area (Å²) in [6, 6.07) is 79.0. The third-order valence-corrected chi connectivity index (χ3v) is 13.4. The fourth-order valence-corrected chi connectivity index (χ4v) is 10.9. The maximum Gasteiger partial charge on any atom is 0.0714 e. The van der Waals surface area contributed by atoms with Gasteiger partial charge in [-0.05, 0) is 125 Å². The smallest absolute Gasteiger partial charge is 0.0714 e. The monoisotopic (exact) mass is 741 g/mol. The lowest BCUT2D eigenvalue weighted by Crippen LogP contribution is -2.29. The minimum absolute atomic E-state index is 0.553. The number of para-hydroxylation sites is 2. The summed E-state index contributed by atoms with van der Waals surface area (Å²) in [5.41, 5.74) is 13.1. The molecule has 57 heavy (non-hydrogen) atoms. The van der Waals surface area contributed by atoms with E-state index in [9.17, 15) is 0 Å². The molecule has 0 atom stereocenters. The Kier molecular flexibility index (Phi) is 7.14. The molecule has 0 unspecified atom stereocenters. The predicted octanol–water partition coefficient (Wildman–Crippen LogP) is 15.1. The first-order valence-corrected chi connectivity index (χ1v) is 20.5. The van der Waals surface area contributed by atoms with Crippen LogP contribution in [0.4, 0.5) is 17.1 Å². The number of fused-ring (bicyclic) bond motifs is 11. The highest BCUT2D eigenvalue weighted by molar-refractivity contribution is 7.99. The molecule has 2 aliphatic rings. The zero-order valence-corrected chi connectivity index (χ0v) is 31.9. The topological polar surface area (TPSA) is 3.24 Å². The van der Waals surface area contributed by atoms with Crippen LogP contribution in [0.2, 0.25) is 0 Å². The summed E-state index contributed by atoms with van der Waals surface area (Å²) in [5, 5.41) is 7.75. The molecular formula is C55H35NS. The van der Waals surface area contributed by atoms with Gasteiger partial charge in [-0.2, -0.15) is 0 Å². The van der Waals surface area contributed by atoms with Gasteiger partial charge in [0.05, 0.1) is 16.8 Å². The van der Waals surface area contributed by atoms with Gasteiger partial charge < -0.3 is 4.90 Å². The number of hydrogen-bond donors (Lipinski definition) is 0. The Morgan fingerprint density at radius 1 is 0.333 bits per heavy atom. The highest BCUT2D eigenvalue weighted by Crippen LogP contribution is 2.59. The van der Waals surface area contributed by atoms with Crippen molar-refractivity contribution in [1.29, 1.82) is 0 Å². The Labute approximate surface area is 336 Å². The summed E-state index contributed by atoms with van der Waals surface area (Å²) in [7, 11) is 0. The van der Waals surface area contributed by atoms with Gasteiger partial charge in [0.2, 0.25) is 0 Å². The van der Waals surface area contributed by atoms with E-state index in [0.29, 0.717) is 0 Å². The zero-order chi connectivity index (χ0) is 37.5. The minimum Gasteiger partial charge on any atom is -0.308 e. The van der Waals surface area contributed by atoms with Crippen molar-refractivity contribution in [2.75, 3.05) is 4.90 Å². The van der Waals surface area contributed by atoms with Gasteiger partial charge in [0, 0.05) is 15.5 Å². The standard InChI is InChI=1S/C55H35NS/c1-3-15-38(16-4-1)55(39-17-5-2-6-18-39)49-34-37(36-27-30-45-43-21-8-7-19-41(43)42-20-9-10-22-44(42)48(45)33-36)28-31-46(49)47-32-29-40(35-50(47)55)56-51-23-11-13-25-53(51)57-54-26-14-12-24-52(54)56/h1-35H. The van der Waals surface area contributed by atoms with Crippen LogP contribution in [0.5, 0.6) is 0 Å². The van der Waals surface area contributed by atoms with Crippen LogP contribution in [-0.2, 0) is 5.41 Å². The highest BCUT2D eigenvalue weighted by atomic mass is 32.2. The lowest BCUT2D eigenvalue weighted by atomic mass is 9.67. The van der Waals surface area contributed by atoms with Crippen LogP contribution < -0.4 is 4.90 Å². The van der Waals surface area contributed by atoms with Crippen LogP contribution in [0.15, 0.2) is 222 Å². The molecule has 10 aromatic carbocycles. The molecule has 0 spiro atoms. The van der Waals surface area contributed by atoms with E-state index >= 15 is 0 Å². The predicted molar refractivity (Wildman–Crippen MR) is 241 cm³/mol. The van der Waals surface area contributed by atoms with E-state index < -0.39 is 5.41 Å². The van der Waals surface area contributed by atoms with Crippen LogP contribution in [-0.4, -0.2) is 0 Å². The summed E-state index contributed by atoms with van der Waals surface area (Å²) in [6.45, 7) is 0. The van der Waals surface area contributed by atoms with Crippen LogP contribution >= 0.6 is 11.8 Å². The molecule has 1 heterocycles. The van der Waals surface area contributed by atoms with Gasteiger partial charge in [-0.25, -0.2) is 0 Å². The number of nitrogens with zero attached hydrogens (tertiary/aromatic N) is 1. The van der Waals surface area contributed by atoms with E-state index in [1.807, 2.05) is 11.8 Å². The molecule has 0 saturated carbocycles. The van der Waals surface area contributed by atoms with Crippen LogP contribution in [0, 0.1) is 0 Å². The summed E-state index contributed by atoms with van der Waals surface area (Å²) < 4.78 is 0. The van der Waals surface area contributed by atoms with Crippen LogP contribution in [0.1, 0.15) is 22.3 Å². The zero-order valence-electron chi connectivity index (χ0n) is 31.1. The number of benzene rings is 10. The fourth-order valence-electron chi connectivity index (χ4n) is 9.87. The Morgan fingerprint density at radius 3 is 1.37 bits per heavy atom. The van der Waals surface area contributed by atoms with Gasteiger partial charge in [0.15, 0.2) is 0 Å². The van der Waals surface area contributed by atoms with E-state index in [2.05, 4.69) is 217 Å². The van der Waals surface area contributed by atoms with Gasteiger partial charge in [-0.3, -0.25) is 0 Å². The summed E-state index contributed by atoms with van der Waals surface area (Å²) >= 11 is 1.85. The van der Waals surface area contributed by atoms with Gasteiger partial charge in [0.25, 0.3) is 0 Å². The average Bonchev–Trinajstić information content (AvgIpc) is 3.58. The first-order chi connectivity index (χ1) is 28.3. The van der Waals surface area contributed by atoms with E-state index in [0.717, 1.165) is 5.69 Å². The van der Waals surface area contributed by atoms with E-state index in [-0.39, 0.29) is 0 Å². The molecule has 10 aromatic rings. The normalized spacial score (nSPS) is 13.6. The molecule has 0 N–H and O–H groups in total. The van der Waals surface area contributed by atoms with E-state index in [1.54, 1.807) is 0 Å². The second-order valence-corrected chi connectivity index (χ2v) is 16.3. The first kappa shape index (κ1) is 32.4. The van der Waals surface area contributed by atoms with Gasteiger partial charge in [0.1, 0.15) is 0 Å². The average molecular weight is 742 g/mol. The van der Waals surface area contributed by atoms with Gasteiger partial charge in [-0.15, -0.1) is 0 Å². The highest BCUT2D eigenvalue weighted by Gasteiger charge is 2.46. The van der Waals surface area contributed by atoms with Crippen molar-refractivity contribution in [2.24, 2.45) is 0 Å². The van der Waals surface area contributed by atoms with Crippen molar-refractivity contribution in [3.05, 3.63) is 235 Å². The summed E-state index contributed by atoms with van der Waals surface area (Å²) in [5.74, 6) is 0. The van der Waals surface area contributed by atoms with Gasteiger partial charge >= 0.3 is 0 Å². The molecular weight excluding hydrogens is 707 g/mol. The van der Waals surface area contributed by atoms with Crippen molar-refractivity contribution in [1.82, 2.24) is 0 Å². The first-order valence-electron chi connectivity index (χ1n) is 19.7. The van der Waals surface area contributed by atoms with Crippen molar-refractivity contribution < 1.29 is 0 Å². The molecule has 2 heteroatoms. The number of hydrogen-bond acceptors (Lipinski definition) is 2. The van der Waals surface area contributed by atoms with Gasteiger partial charge in [-0.1, -0.05) is 176 Å². The molecule has 1 nitrogen and oxygen atoms in total. The maximum atomic E-state index is 2.49. The molecule has 12 rings (SSSR count). The van der Waals surface area contributed by atoms with E-state index in [4.69, 9.17) is 0 Å². The molecule has 0 saturated heterocycles. The minimum atomic E-state index is -0.553. The van der Waals surface area contributed by atoms with Crippen molar-refractivity contribution in [3.63, 3.8) is 0 Å². The number of rotatable bonds is 4.